The first-order valence-electron chi connectivity index (χ1n) is 6.80. The van der Waals surface area contributed by atoms with E-state index in [0.717, 1.165) is 24.2 Å². The molecular formula is C15H16FN3O2. The van der Waals surface area contributed by atoms with Crippen LogP contribution in [0.1, 0.15) is 16.8 Å². The van der Waals surface area contributed by atoms with Crippen molar-refractivity contribution in [1.82, 2.24) is 15.1 Å². The maximum atomic E-state index is 13.7. The van der Waals surface area contributed by atoms with Gasteiger partial charge in [0.15, 0.2) is 11.6 Å². The summed E-state index contributed by atoms with van der Waals surface area (Å²) in [7, 11) is 1.42. The highest BCUT2D eigenvalue weighted by atomic mass is 19.1. The molecule has 0 amide bonds. The zero-order chi connectivity index (χ0) is 14.8. The van der Waals surface area contributed by atoms with Crippen molar-refractivity contribution in [2.75, 3.05) is 13.7 Å². The third kappa shape index (κ3) is 2.80. The largest absolute Gasteiger partial charge is 0.494 e. The first kappa shape index (κ1) is 13.8. The Labute approximate surface area is 121 Å². The molecule has 1 aliphatic heterocycles. The highest BCUT2D eigenvalue weighted by Crippen LogP contribution is 2.18. The lowest BCUT2D eigenvalue weighted by Crippen LogP contribution is -2.31. The number of ether oxygens (including phenoxy) is 1. The lowest BCUT2D eigenvalue weighted by Gasteiger charge is -2.17. The molecule has 2 aromatic rings. The fourth-order valence-electron chi connectivity index (χ4n) is 2.45. The average Bonchev–Trinajstić information content (AvgIpc) is 2.48. The van der Waals surface area contributed by atoms with Gasteiger partial charge in [-0.2, -0.15) is 5.10 Å². The SMILES string of the molecule is COc1ccc(Cn2nc3c(cc2=O)CNCC3)cc1F. The molecule has 1 aromatic heterocycles. The van der Waals surface area contributed by atoms with E-state index >= 15 is 0 Å². The monoisotopic (exact) mass is 289 g/mol. The summed E-state index contributed by atoms with van der Waals surface area (Å²) in [5, 5.41) is 7.60. The highest BCUT2D eigenvalue weighted by Gasteiger charge is 2.13. The molecule has 0 unspecified atom stereocenters. The second-order valence-corrected chi connectivity index (χ2v) is 5.01. The molecule has 0 fully saturated rings. The first-order valence-corrected chi connectivity index (χ1v) is 6.80. The van der Waals surface area contributed by atoms with Gasteiger partial charge in [0.1, 0.15) is 0 Å². The van der Waals surface area contributed by atoms with E-state index in [4.69, 9.17) is 4.74 Å². The molecule has 0 spiro atoms. The first-order chi connectivity index (χ1) is 10.2. The number of hydrogen-bond donors (Lipinski definition) is 1. The Balaban J connectivity index is 1.91. The Kier molecular flexibility index (Phi) is 3.70. The minimum absolute atomic E-state index is 0.173. The van der Waals surface area contributed by atoms with Crippen molar-refractivity contribution in [3.8, 4) is 5.75 Å². The number of nitrogens with one attached hydrogen (secondary N) is 1. The highest BCUT2D eigenvalue weighted by molar-refractivity contribution is 5.29. The van der Waals surface area contributed by atoms with Gasteiger partial charge in [-0.3, -0.25) is 4.79 Å². The zero-order valence-electron chi connectivity index (χ0n) is 11.7. The van der Waals surface area contributed by atoms with Crippen LogP contribution in [0.2, 0.25) is 0 Å². The van der Waals surface area contributed by atoms with Crippen LogP contribution in [0.5, 0.6) is 5.75 Å². The number of nitrogens with zero attached hydrogens (tertiary/aromatic N) is 2. The van der Waals surface area contributed by atoms with E-state index in [0.29, 0.717) is 12.1 Å². The second kappa shape index (κ2) is 5.65. The lowest BCUT2D eigenvalue weighted by molar-refractivity contribution is 0.386. The third-order valence-corrected chi connectivity index (χ3v) is 3.57. The minimum Gasteiger partial charge on any atom is -0.494 e. The molecule has 0 atom stereocenters. The number of methoxy groups -OCH3 is 1. The quantitative estimate of drug-likeness (QED) is 0.919. The number of halogens is 1. The maximum absolute atomic E-state index is 13.7. The summed E-state index contributed by atoms with van der Waals surface area (Å²) < 4.78 is 19.9. The van der Waals surface area contributed by atoms with Crippen molar-refractivity contribution in [1.29, 1.82) is 0 Å². The lowest BCUT2D eigenvalue weighted by atomic mass is 10.1. The van der Waals surface area contributed by atoms with E-state index in [1.165, 1.54) is 17.9 Å². The molecule has 0 aliphatic carbocycles. The van der Waals surface area contributed by atoms with Gasteiger partial charge in [-0.15, -0.1) is 0 Å². The molecule has 0 saturated heterocycles. The van der Waals surface area contributed by atoms with Crippen LogP contribution in [0.25, 0.3) is 0 Å². The second-order valence-electron chi connectivity index (χ2n) is 5.01. The summed E-state index contributed by atoms with van der Waals surface area (Å²) in [6.45, 7) is 1.78. The van der Waals surface area contributed by atoms with Gasteiger partial charge in [0.2, 0.25) is 0 Å². The Hall–Kier alpha value is -2.21. The number of rotatable bonds is 3. The molecule has 6 heteroatoms. The van der Waals surface area contributed by atoms with Crippen LogP contribution in [0.3, 0.4) is 0 Å². The van der Waals surface area contributed by atoms with Crippen molar-refractivity contribution in [2.45, 2.75) is 19.5 Å². The van der Waals surface area contributed by atoms with Gasteiger partial charge in [-0.1, -0.05) is 6.07 Å². The summed E-state index contributed by atoms with van der Waals surface area (Å²) in [5.74, 6) is -0.249. The fraction of sp³-hybridized carbons (Fsp3) is 0.333. The number of fused-ring (bicyclic) bond motifs is 1. The van der Waals surface area contributed by atoms with Crippen LogP contribution in [0.15, 0.2) is 29.1 Å². The van der Waals surface area contributed by atoms with Crippen molar-refractivity contribution in [2.24, 2.45) is 0 Å². The Morgan fingerprint density at radius 2 is 2.29 bits per heavy atom. The summed E-state index contributed by atoms with van der Waals surface area (Å²) in [6, 6.07) is 6.26. The van der Waals surface area contributed by atoms with E-state index in [1.54, 1.807) is 18.2 Å². The Bertz CT molecular complexity index is 727. The molecule has 110 valence electrons. The van der Waals surface area contributed by atoms with Crippen molar-refractivity contribution in [3.63, 3.8) is 0 Å². The van der Waals surface area contributed by atoms with Gasteiger partial charge >= 0.3 is 0 Å². The van der Waals surface area contributed by atoms with E-state index in [9.17, 15) is 9.18 Å². The Morgan fingerprint density at radius 3 is 3.05 bits per heavy atom. The van der Waals surface area contributed by atoms with Gasteiger partial charge in [-0.25, -0.2) is 9.07 Å². The van der Waals surface area contributed by atoms with Crippen LogP contribution >= 0.6 is 0 Å². The summed E-state index contributed by atoms with van der Waals surface area (Å²) in [4.78, 5) is 12.1. The predicted molar refractivity (Wildman–Crippen MR) is 76.0 cm³/mol. The minimum atomic E-state index is -0.440. The van der Waals surface area contributed by atoms with Gasteiger partial charge in [0.25, 0.3) is 5.56 Å². The Morgan fingerprint density at radius 1 is 1.43 bits per heavy atom. The molecule has 1 aromatic carbocycles. The molecular weight excluding hydrogens is 273 g/mol. The molecule has 5 nitrogen and oxygen atoms in total. The zero-order valence-corrected chi connectivity index (χ0v) is 11.7. The smallest absolute Gasteiger partial charge is 0.267 e. The van der Waals surface area contributed by atoms with Gasteiger partial charge in [0, 0.05) is 25.6 Å². The number of aromatic nitrogens is 2. The van der Waals surface area contributed by atoms with E-state index in [1.807, 2.05) is 0 Å². The number of hydrogen-bond acceptors (Lipinski definition) is 4. The topological polar surface area (TPSA) is 56.2 Å². The van der Waals surface area contributed by atoms with Crippen LogP contribution < -0.4 is 15.6 Å². The number of benzene rings is 1. The van der Waals surface area contributed by atoms with Gasteiger partial charge in [0.05, 0.1) is 19.3 Å². The molecule has 2 heterocycles. The third-order valence-electron chi connectivity index (χ3n) is 3.57. The molecule has 0 bridgehead atoms. The van der Waals surface area contributed by atoms with E-state index in [-0.39, 0.29) is 17.9 Å². The molecule has 1 N–H and O–H groups in total. The fourth-order valence-corrected chi connectivity index (χ4v) is 2.45. The maximum Gasteiger partial charge on any atom is 0.267 e. The van der Waals surface area contributed by atoms with Crippen LogP contribution in [0, 0.1) is 5.82 Å². The summed E-state index contributed by atoms with van der Waals surface area (Å²) in [5.41, 5.74) is 2.39. The normalized spacial score (nSPS) is 13.8. The van der Waals surface area contributed by atoms with Gasteiger partial charge in [-0.05, 0) is 23.3 Å². The van der Waals surface area contributed by atoms with Crippen LogP contribution in [0.4, 0.5) is 4.39 Å². The molecule has 3 rings (SSSR count). The van der Waals surface area contributed by atoms with E-state index in [2.05, 4.69) is 10.4 Å². The summed E-state index contributed by atoms with van der Waals surface area (Å²) >= 11 is 0. The van der Waals surface area contributed by atoms with Crippen LogP contribution in [-0.4, -0.2) is 23.4 Å². The predicted octanol–water partition coefficient (Wildman–Crippen LogP) is 1.08. The summed E-state index contributed by atoms with van der Waals surface area (Å²) in [6.07, 6.45) is 0.798. The van der Waals surface area contributed by atoms with Crippen molar-refractivity contribution in [3.05, 3.63) is 57.3 Å². The molecule has 21 heavy (non-hydrogen) atoms. The molecule has 0 radical (unpaired) electrons. The molecule has 1 aliphatic rings. The van der Waals surface area contributed by atoms with Gasteiger partial charge < -0.3 is 10.1 Å². The van der Waals surface area contributed by atoms with Crippen molar-refractivity contribution >= 4 is 0 Å². The van der Waals surface area contributed by atoms with Crippen LogP contribution in [-0.2, 0) is 19.5 Å². The van der Waals surface area contributed by atoms with Crippen molar-refractivity contribution < 1.29 is 9.13 Å². The van der Waals surface area contributed by atoms with E-state index < -0.39 is 5.82 Å². The molecule has 0 saturated carbocycles. The standard InChI is InChI=1S/C15H16FN3O2/c1-21-14-3-2-10(6-12(14)16)9-19-15(20)7-11-8-17-5-4-13(11)18-19/h2-3,6-7,17H,4-5,8-9H2,1H3. The average molecular weight is 289 g/mol.